The fourth-order valence-electron chi connectivity index (χ4n) is 5.59. The molecule has 1 aromatic carbocycles. The van der Waals surface area contributed by atoms with Gasteiger partial charge in [-0.2, -0.15) is 9.80 Å². The molecule has 21 heteroatoms. The summed E-state index contributed by atoms with van der Waals surface area (Å²) >= 11 is 6.45. The molecule has 0 aliphatic heterocycles. The second-order valence-corrected chi connectivity index (χ2v) is 22.2. The van der Waals surface area contributed by atoms with Gasteiger partial charge in [-0.15, -0.1) is 6.42 Å². The lowest BCUT2D eigenvalue weighted by atomic mass is 10.1. The van der Waals surface area contributed by atoms with Gasteiger partial charge in [0, 0.05) is 24.2 Å². The average molecular weight is 1080 g/mol. The first-order valence-corrected chi connectivity index (χ1v) is 23.3. The number of carbonyl (C=O) groups excluding carboxylic acids is 5. The molecule has 1 fully saturated rings. The maximum absolute atomic E-state index is 13.3. The second-order valence-electron chi connectivity index (χ2n) is 20.6. The number of nitrogens with zero attached hydrogens (tertiary/aromatic N) is 8. The van der Waals surface area contributed by atoms with Crippen molar-refractivity contribution in [1.82, 2.24) is 30.0 Å². The third-order valence-corrected chi connectivity index (χ3v) is 9.04. The molecule has 372 valence electrons. The lowest BCUT2D eigenvalue weighted by molar-refractivity contribution is 0.0214. The Labute approximate surface area is 419 Å². The van der Waals surface area contributed by atoms with Crippen molar-refractivity contribution < 1.29 is 52.2 Å². The molecule has 0 unspecified atom stereocenters. The molecule has 1 saturated carbocycles. The molecular formula is C48H60Br2N8O11. The van der Waals surface area contributed by atoms with E-state index >= 15 is 0 Å². The average Bonchev–Trinajstić information content (AvgIpc) is 3.90. The molecule has 5 rings (SSSR count). The highest BCUT2D eigenvalue weighted by Crippen LogP contribution is 2.35. The van der Waals surface area contributed by atoms with Crippen LogP contribution in [0.3, 0.4) is 0 Å². The van der Waals surface area contributed by atoms with Crippen LogP contribution >= 0.6 is 31.9 Å². The number of carbonyl (C=O) groups is 5. The summed E-state index contributed by atoms with van der Waals surface area (Å²) in [6, 6.07) is 9.39. The Morgan fingerprint density at radius 2 is 1.04 bits per heavy atom. The Balaban J connectivity index is 0.000000365. The topological polar surface area (TPSA) is 219 Å². The van der Waals surface area contributed by atoms with Crippen LogP contribution in [0.5, 0.6) is 0 Å². The normalized spacial score (nSPS) is 12.9. The molecule has 4 aromatic rings. The van der Waals surface area contributed by atoms with Crippen molar-refractivity contribution >= 4 is 74.0 Å². The van der Waals surface area contributed by atoms with Gasteiger partial charge in [0.25, 0.3) is 0 Å². The van der Waals surface area contributed by atoms with Gasteiger partial charge in [-0.1, -0.05) is 29.4 Å². The van der Waals surface area contributed by atoms with E-state index in [-0.39, 0.29) is 40.9 Å². The highest BCUT2D eigenvalue weighted by molar-refractivity contribution is 9.10. The minimum atomic E-state index is -0.989. The van der Waals surface area contributed by atoms with Crippen molar-refractivity contribution in [3.05, 3.63) is 63.2 Å². The molecule has 0 saturated heterocycles. The minimum absolute atomic E-state index is 0.00101. The zero-order chi connectivity index (χ0) is 52.0. The number of ether oxygens (including phenoxy) is 5. The second kappa shape index (κ2) is 21.7. The van der Waals surface area contributed by atoms with E-state index in [0.29, 0.717) is 31.2 Å². The van der Waals surface area contributed by atoms with Crippen LogP contribution in [0.4, 0.5) is 35.6 Å². The van der Waals surface area contributed by atoms with Crippen molar-refractivity contribution in [2.75, 3.05) is 9.80 Å². The number of hydrogen-bond donors (Lipinski definition) is 0. The van der Waals surface area contributed by atoms with Gasteiger partial charge in [0.1, 0.15) is 42.9 Å². The van der Waals surface area contributed by atoms with E-state index in [1.54, 1.807) is 94.1 Å². The van der Waals surface area contributed by atoms with E-state index in [0.717, 1.165) is 24.0 Å². The van der Waals surface area contributed by atoms with Gasteiger partial charge in [-0.05, 0) is 160 Å². The molecule has 19 nitrogen and oxygen atoms in total. The minimum Gasteiger partial charge on any atom is -0.444 e. The first-order chi connectivity index (χ1) is 31.6. The number of anilines is 2. The van der Waals surface area contributed by atoms with Crippen molar-refractivity contribution in [2.24, 2.45) is 0 Å². The molecule has 3 aromatic heterocycles. The highest BCUT2D eigenvalue weighted by Gasteiger charge is 2.39. The molecule has 5 amide bonds. The van der Waals surface area contributed by atoms with Gasteiger partial charge in [-0.25, -0.2) is 43.9 Å². The summed E-state index contributed by atoms with van der Waals surface area (Å²) in [7, 11) is 0. The first-order valence-electron chi connectivity index (χ1n) is 21.7. The van der Waals surface area contributed by atoms with Crippen molar-refractivity contribution in [3.63, 3.8) is 0 Å². The fraction of sp³-hybridized carbons (Fsp3) is 0.500. The Morgan fingerprint density at radius 3 is 1.46 bits per heavy atom. The molecule has 1 aliphatic carbocycles. The van der Waals surface area contributed by atoms with Gasteiger partial charge >= 0.3 is 30.5 Å². The van der Waals surface area contributed by atoms with Crippen LogP contribution in [0.1, 0.15) is 128 Å². The SMILES string of the molecule is C#Cc1nc(Br)cnc1N(C(=O)OC(C)(C)C)C(=O)OC(C)(C)C.CC(C)(C)OC(=O)N(C(=O)OC(C)(C)C)c1ncc(Br)nc1-c1cc(-c2ccc(CN(C(=O)OC(C)(C)C)C3CC3)cc2)no1. The Hall–Kier alpha value is -6.14. The number of terminal acetylenes is 1. The molecule has 0 radical (unpaired) electrons. The first kappa shape index (κ1) is 55.5. The van der Waals surface area contributed by atoms with E-state index in [4.69, 9.17) is 34.6 Å². The summed E-state index contributed by atoms with van der Waals surface area (Å²) in [5, 5.41) is 4.21. The monoisotopic (exact) mass is 1080 g/mol. The molecule has 3 heterocycles. The lowest BCUT2D eigenvalue weighted by Gasteiger charge is -2.28. The number of halogens is 2. The van der Waals surface area contributed by atoms with Gasteiger partial charge < -0.3 is 33.1 Å². The van der Waals surface area contributed by atoms with Crippen LogP contribution < -0.4 is 9.80 Å². The van der Waals surface area contributed by atoms with E-state index in [2.05, 4.69) is 62.9 Å². The molecule has 69 heavy (non-hydrogen) atoms. The van der Waals surface area contributed by atoms with E-state index < -0.39 is 52.4 Å². The van der Waals surface area contributed by atoms with E-state index in [1.165, 1.54) is 12.4 Å². The maximum Gasteiger partial charge on any atom is 0.425 e. The summed E-state index contributed by atoms with van der Waals surface area (Å²) in [6.07, 6.45) is 5.77. The molecule has 0 spiro atoms. The largest absolute Gasteiger partial charge is 0.444 e. The van der Waals surface area contributed by atoms with Crippen LogP contribution in [0.2, 0.25) is 0 Å². The summed E-state index contributed by atoms with van der Waals surface area (Å²) in [4.78, 5) is 84.3. The van der Waals surface area contributed by atoms with Crippen LogP contribution in [0.15, 0.2) is 56.5 Å². The molecule has 1 aliphatic rings. The summed E-state index contributed by atoms with van der Waals surface area (Å²) in [5.41, 5.74) is -1.81. The van der Waals surface area contributed by atoms with Crippen molar-refractivity contribution in [3.8, 4) is 35.1 Å². The smallest absolute Gasteiger partial charge is 0.425 e. The summed E-state index contributed by atoms with van der Waals surface area (Å²) < 4.78 is 33.5. The quantitative estimate of drug-likeness (QED) is 0.124. The molecular weight excluding hydrogens is 1020 g/mol. The van der Waals surface area contributed by atoms with E-state index in [9.17, 15) is 24.0 Å². The van der Waals surface area contributed by atoms with Crippen LogP contribution in [-0.2, 0) is 30.2 Å². The molecule has 0 N–H and O–H groups in total. The molecule has 0 atom stereocenters. The zero-order valence-electron chi connectivity index (χ0n) is 41.6. The molecule has 0 bridgehead atoms. The van der Waals surface area contributed by atoms with Gasteiger partial charge in [0.15, 0.2) is 28.8 Å². The number of aromatic nitrogens is 5. The van der Waals surface area contributed by atoms with Crippen molar-refractivity contribution in [1.29, 1.82) is 0 Å². The number of hydrogen-bond acceptors (Lipinski definition) is 16. The maximum atomic E-state index is 13.3. The predicted octanol–water partition coefficient (Wildman–Crippen LogP) is 12.0. The third-order valence-electron chi connectivity index (χ3n) is 8.27. The summed E-state index contributed by atoms with van der Waals surface area (Å²) in [5.74, 6) is 2.16. The van der Waals surface area contributed by atoms with Crippen LogP contribution in [-0.4, -0.2) is 94.5 Å². The van der Waals surface area contributed by atoms with Crippen molar-refractivity contribution in [2.45, 2.75) is 157 Å². The van der Waals surface area contributed by atoms with Gasteiger partial charge in [0.2, 0.25) is 0 Å². The highest BCUT2D eigenvalue weighted by atomic mass is 79.9. The zero-order valence-corrected chi connectivity index (χ0v) is 44.8. The van der Waals surface area contributed by atoms with Gasteiger partial charge in [0.05, 0.1) is 12.4 Å². The number of benzene rings is 1. The fourth-order valence-corrected chi connectivity index (χ4v) is 6.15. The van der Waals surface area contributed by atoms with Crippen LogP contribution in [0, 0.1) is 12.3 Å². The van der Waals surface area contributed by atoms with Crippen LogP contribution in [0.25, 0.3) is 22.7 Å². The predicted molar refractivity (Wildman–Crippen MR) is 263 cm³/mol. The standard InChI is InChI=1S/C32H40BrN5O7.C16H20BrN3O4/c1-30(2,3)42-27(39)37(21-14-15-21)18-19-10-12-20(13-11-19)22-16-23(45-36-22)25-26(34-17-24(33)35-25)38(28(40)43-31(4,5)6)29(41)44-32(7,8)9;1-8-10-12(18-9-11(17)19-10)20(13(21)23-15(2,3)4)14(22)24-16(5,6)7/h10-13,16-17,21H,14-15,18H2,1-9H3;1,9H,2-7H3. The number of rotatable bonds is 7. The summed E-state index contributed by atoms with van der Waals surface area (Å²) in [6.45, 7) is 26.1. The number of amides is 5. The van der Waals surface area contributed by atoms with Gasteiger partial charge in [-0.3, -0.25) is 0 Å². The Bertz CT molecular complexity index is 2500. The third kappa shape index (κ3) is 17.4. The lowest BCUT2D eigenvalue weighted by Crippen LogP contribution is -2.44. The number of imide groups is 2. The Morgan fingerprint density at radius 1 is 0.638 bits per heavy atom. The Kier molecular flexibility index (Phi) is 17.4. The van der Waals surface area contributed by atoms with E-state index in [1.807, 2.05) is 45.0 Å².